The number of hydrogen-bond acceptors (Lipinski definition) is 4. The first-order valence-electron chi connectivity index (χ1n) is 8.64. The fourth-order valence-corrected chi connectivity index (χ4v) is 2.96. The number of benzene rings is 3. The molecule has 0 bridgehead atoms. The first kappa shape index (κ1) is 17.7. The maximum Gasteiger partial charge on any atom is 0.346 e. The van der Waals surface area contributed by atoms with Crippen molar-refractivity contribution >= 4 is 17.8 Å². The molecule has 3 aromatic rings. The number of hydrogen-bond donors (Lipinski definition) is 0. The third-order valence-electron chi connectivity index (χ3n) is 4.43. The van der Waals surface area contributed by atoms with Crippen LogP contribution in [0.4, 0.5) is 4.39 Å². The maximum atomic E-state index is 13.8. The molecule has 4 nitrogen and oxygen atoms in total. The van der Waals surface area contributed by atoms with Crippen LogP contribution in [0.2, 0.25) is 0 Å². The molecule has 0 aromatic heterocycles. The third-order valence-corrected chi connectivity index (χ3v) is 4.43. The van der Waals surface area contributed by atoms with Crippen LogP contribution in [0.1, 0.15) is 31.8 Å². The van der Waals surface area contributed by atoms with Gasteiger partial charge in [-0.25, -0.2) is 9.18 Å². The Hall–Kier alpha value is -3.73. The molecule has 0 saturated heterocycles. The van der Waals surface area contributed by atoms with Gasteiger partial charge in [-0.3, -0.25) is 4.79 Å². The van der Waals surface area contributed by atoms with E-state index in [1.165, 1.54) is 24.3 Å². The van der Waals surface area contributed by atoms with Gasteiger partial charge in [0, 0.05) is 5.56 Å². The molecule has 0 saturated carbocycles. The first-order chi connectivity index (χ1) is 13.5. The summed E-state index contributed by atoms with van der Waals surface area (Å²) in [4.78, 5) is 24.9. The van der Waals surface area contributed by atoms with Gasteiger partial charge in [0.1, 0.15) is 17.3 Å². The number of esters is 1. The van der Waals surface area contributed by atoms with Crippen LogP contribution in [0.15, 0.2) is 72.5 Å². The summed E-state index contributed by atoms with van der Waals surface area (Å²) in [6, 6.07) is 18.0. The van der Waals surface area contributed by atoms with Crippen molar-refractivity contribution in [3.8, 4) is 11.5 Å². The van der Waals surface area contributed by atoms with Crippen LogP contribution >= 0.6 is 0 Å². The highest BCUT2D eigenvalue weighted by molar-refractivity contribution is 6.15. The lowest BCUT2D eigenvalue weighted by Crippen LogP contribution is -2.11. The van der Waals surface area contributed by atoms with Crippen LogP contribution in [-0.2, 0) is 0 Å². The fourth-order valence-electron chi connectivity index (χ4n) is 2.96. The lowest BCUT2D eigenvalue weighted by molar-refractivity contribution is 0.0728. The summed E-state index contributed by atoms with van der Waals surface area (Å²) < 4.78 is 24.9. The average Bonchev–Trinajstić information content (AvgIpc) is 3.01. The number of fused-ring (bicyclic) bond motifs is 1. The lowest BCUT2D eigenvalue weighted by atomic mass is 10.1. The predicted octanol–water partition coefficient (Wildman–Crippen LogP) is 4.97. The van der Waals surface area contributed by atoms with Crippen LogP contribution < -0.4 is 9.47 Å². The Bertz CT molecular complexity index is 1120. The van der Waals surface area contributed by atoms with E-state index in [1.807, 2.05) is 30.3 Å². The standard InChI is InChI=1S/C23H15FO4/c1-14-19(28-23(26)16-9-5-6-10-18(16)24)12-11-17-21(25)20(27-22(14)17)13-15-7-3-2-4-8-15/h2-13H,1H3/b20-13-. The summed E-state index contributed by atoms with van der Waals surface area (Å²) in [6.07, 6.45) is 1.66. The Morgan fingerprint density at radius 2 is 1.71 bits per heavy atom. The number of Topliss-reactive ketones (excluding diaryl/α,β-unsaturated/α-hetero) is 1. The smallest absolute Gasteiger partial charge is 0.346 e. The number of allylic oxidation sites excluding steroid dienone is 1. The number of ether oxygens (including phenoxy) is 2. The Kier molecular flexibility index (Phi) is 4.49. The number of carbonyl (C=O) groups is 2. The quantitative estimate of drug-likeness (QED) is 0.369. The van der Waals surface area contributed by atoms with Crippen molar-refractivity contribution in [1.82, 2.24) is 0 Å². The van der Waals surface area contributed by atoms with E-state index in [1.54, 1.807) is 25.1 Å². The molecule has 0 radical (unpaired) electrons. The second-order valence-corrected chi connectivity index (χ2v) is 6.29. The Morgan fingerprint density at radius 1 is 1.00 bits per heavy atom. The largest absolute Gasteiger partial charge is 0.452 e. The van der Waals surface area contributed by atoms with E-state index in [2.05, 4.69) is 0 Å². The van der Waals surface area contributed by atoms with Crippen LogP contribution in [-0.4, -0.2) is 11.8 Å². The molecule has 0 amide bonds. The molecule has 3 aromatic carbocycles. The van der Waals surface area contributed by atoms with Gasteiger partial charge in [-0.05, 0) is 42.8 Å². The van der Waals surface area contributed by atoms with Crippen LogP contribution in [0, 0.1) is 12.7 Å². The van der Waals surface area contributed by atoms with Crippen molar-refractivity contribution in [2.24, 2.45) is 0 Å². The lowest BCUT2D eigenvalue weighted by Gasteiger charge is -2.10. The van der Waals surface area contributed by atoms with Gasteiger partial charge in [-0.15, -0.1) is 0 Å². The number of carbonyl (C=O) groups excluding carboxylic acids is 2. The number of ketones is 1. The molecule has 1 aliphatic rings. The monoisotopic (exact) mass is 374 g/mol. The number of rotatable bonds is 3. The van der Waals surface area contributed by atoms with Gasteiger partial charge in [-0.2, -0.15) is 0 Å². The van der Waals surface area contributed by atoms with Gasteiger partial charge in [0.15, 0.2) is 5.76 Å². The molecule has 138 valence electrons. The Labute approximate surface area is 160 Å². The van der Waals surface area contributed by atoms with E-state index in [0.29, 0.717) is 16.9 Å². The molecule has 0 fully saturated rings. The van der Waals surface area contributed by atoms with Crippen molar-refractivity contribution in [2.45, 2.75) is 6.92 Å². The van der Waals surface area contributed by atoms with E-state index in [4.69, 9.17) is 9.47 Å². The maximum absolute atomic E-state index is 13.8. The molecule has 1 aliphatic heterocycles. The Morgan fingerprint density at radius 3 is 2.46 bits per heavy atom. The van der Waals surface area contributed by atoms with Gasteiger partial charge >= 0.3 is 5.97 Å². The molecule has 0 aliphatic carbocycles. The van der Waals surface area contributed by atoms with Crippen LogP contribution in [0.5, 0.6) is 11.5 Å². The summed E-state index contributed by atoms with van der Waals surface area (Å²) in [5, 5.41) is 0. The molecule has 0 unspecified atom stereocenters. The van der Waals surface area contributed by atoms with Crippen LogP contribution in [0.3, 0.4) is 0 Å². The summed E-state index contributed by atoms with van der Waals surface area (Å²) in [5.74, 6) is -0.973. The minimum Gasteiger partial charge on any atom is -0.452 e. The van der Waals surface area contributed by atoms with E-state index in [9.17, 15) is 14.0 Å². The summed E-state index contributed by atoms with van der Waals surface area (Å²) >= 11 is 0. The van der Waals surface area contributed by atoms with E-state index in [0.717, 1.165) is 5.56 Å². The minimum absolute atomic E-state index is 0.163. The molecule has 1 heterocycles. The molecule has 0 N–H and O–H groups in total. The number of halogens is 1. The molecular weight excluding hydrogens is 359 g/mol. The van der Waals surface area contributed by atoms with Crippen LogP contribution in [0.25, 0.3) is 6.08 Å². The van der Waals surface area contributed by atoms with E-state index >= 15 is 0 Å². The van der Waals surface area contributed by atoms with Crippen molar-refractivity contribution < 1.29 is 23.5 Å². The molecule has 5 heteroatoms. The first-order valence-corrected chi connectivity index (χ1v) is 8.64. The normalized spacial score (nSPS) is 13.9. The predicted molar refractivity (Wildman–Crippen MR) is 102 cm³/mol. The van der Waals surface area contributed by atoms with Gasteiger partial charge < -0.3 is 9.47 Å². The zero-order valence-corrected chi connectivity index (χ0v) is 14.9. The average molecular weight is 374 g/mol. The van der Waals surface area contributed by atoms with Gasteiger partial charge in [0.2, 0.25) is 5.78 Å². The van der Waals surface area contributed by atoms with Gasteiger partial charge in [0.25, 0.3) is 0 Å². The Balaban J connectivity index is 1.63. The summed E-state index contributed by atoms with van der Waals surface area (Å²) in [7, 11) is 0. The highest BCUT2D eigenvalue weighted by Gasteiger charge is 2.30. The SMILES string of the molecule is Cc1c(OC(=O)c2ccccc2F)ccc2c1O/C(=C\c1ccccc1)C2=O. The molecule has 28 heavy (non-hydrogen) atoms. The zero-order chi connectivity index (χ0) is 19.7. The fraction of sp³-hybridized carbons (Fsp3) is 0.0435. The van der Waals surface area contributed by atoms with E-state index in [-0.39, 0.29) is 22.9 Å². The molecular formula is C23H15FO4. The molecule has 4 rings (SSSR count). The molecule has 0 spiro atoms. The van der Waals surface area contributed by atoms with Gasteiger partial charge in [-0.1, -0.05) is 42.5 Å². The second kappa shape index (κ2) is 7.12. The van der Waals surface area contributed by atoms with Crippen molar-refractivity contribution in [1.29, 1.82) is 0 Å². The minimum atomic E-state index is -0.814. The zero-order valence-electron chi connectivity index (χ0n) is 14.9. The topological polar surface area (TPSA) is 52.6 Å². The summed E-state index contributed by atoms with van der Waals surface area (Å²) in [6.45, 7) is 1.68. The van der Waals surface area contributed by atoms with Gasteiger partial charge in [0.05, 0.1) is 11.1 Å². The van der Waals surface area contributed by atoms with Crippen molar-refractivity contribution in [3.05, 3.63) is 101 Å². The summed E-state index contributed by atoms with van der Waals surface area (Å²) in [5.41, 5.74) is 1.56. The second-order valence-electron chi connectivity index (χ2n) is 6.29. The third kappa shape index (κ3) is 3.18. The van der Waals surface area contributed by atoms with Crippen molar-refractivity contribution in [2.75, 3.05) is 0 Å². The highest BCUT2D eigenvalue weighted by Crippen LogP contribution is 2.39. The van der Waals surface area contributed by atoms with E-state index < -0.39 is 11.8 Å². The van der Waals surface area contributed by atoms with Crippen molar-refractivity contribution in [3.63, 3.8) is 0 Å². The molecule has 0 atom stereocenters. The highest BCUT2D eigenvalue weighted by atomic mass is 19.1.